The Bertz CT molecular complexity index is 697. The molecule has 0 saturated heterocycles. The van der Waals surface area contributed by atoms with Crippen molar-refractivity contribution in [2.24, 2.45) is 0 Å². The van der Waals surface area contributed by atoms with Gasteiger partial charge in [-0.15, -0.1) is 0 Å². The number of fused-ring (bicyclic) bond motifs is 1. The zero-order valence-electron chi connectivity index (χ0n) is 11.3. The molecule has 0 spiro atoms. The van der Waals surface area contributed by atoms with Crippen LogP contribution in [-0.2, 0) is 6.42 Å². The van der Waals surface area contributed by atoms with Crippen LogP contribution in [0.3, 0.4) is 0 Å². The molecule has 2 aromatic rings. The van der Waals surface area contributed by atoms with Gasteiger partial charge < -0.3 is 10.6 Å². The summed E-state index contributed by atoms with van der Waals surface area (Å²) >= 11 is 9.41. The van der Waals surface area contributed by atoms with Crippen LogP contribution in [0, 0.1) is 0 Å². The van der Waals surface area contributed by atoms with Gasteiger partial charge in [0, 0.05) is 33.0 Å². The lowest BCUT2D eigenvalue weighted by Gasteiger charge is -2.30. The minimum atomic E-state index is -0.0512. The zero-order valence-corrected chi connectivity index (χ0v) is 13.6. The number of anilines is 2. The van der Waals surface area contributed by atoms with Crippen LogP contribution < -0.4 is 10.6 Å². The summed E-state index contributed by atoms with van der Waals surface area (Å²) in [7, 11) is 0. The van der Waals surface area contributed by atoms with Crippen molar-refractivity contribution in [1.82, 2.24) is 0 Å². The summed E-state index contributed by atoms with van der Waals surface area (Å²) in [6.07, 6.45) is 1.92. The van der Waals surface area contributed by atoms with Crippen molar-refractivity contribution in [1.29, 1.82) is 0 Å². The Morgan fingerprint density at radius 1 is 1.24 bits per heavy atom. The minimum Gasteiger partial charge on any atom is -0.399 e. The summed E-state index contributed by atoms with van der Waals surface area (Å²) in [5, 5.41) is 0.539. The van der Waals surface area contributed by atoms with Crippen LogP contribution in [0.15, 0.2) is 40.9 Å². The van der Waals surface area contributed by atoms with Gasteiger partial charge in [0.1, 0.15) is 0 Å². The molecule has 3 rings (SSSR count). The second-order valence-corrected chi connectivity index (χ2v) is 6.46. The lowest BCUT2D eigenvalue weighted by Crippen LogP contribution is -2.35. The molecule has 108 valence electrons. The van der Waals surface area contributed by atoms with Gasteiger partial charge in [-0.3, -0.25) is 4.79 Å². The first-order chi connectivity index (χ1) is 10.0. The Morgan fingerprint density at radius 3 is 2.81 bits per heavy atom. The summed E-state index contributed by atoms with van der Waals surface area (Å²) in [5.41, 5.74) is 9.17. The highest BCUT2D eigenvalue weighted by atomic mass is 79.9. The number of halogens is 2. The van der Waals surface area contributed by atoms with Crippen molar-refractivity contribution in [3.05, 3.63) is 57.0 Å². The van der Waals surface area contributed by atoms with E-state index in [1.54, 1.807) is 23.1 Å². The smallest absolute Gasteiger partial charge is 0.258 e. The highest BCUT2D eigenvalue weighted by Crippen LogP contribution is 2.31. The first-order valence-electron chi connectivity index (χ1n) is 6.71. The third kappa shape index (κ3) is 2.92. The maximum Gasteiger partial charge on any atom is 0.258 e. The monoisotopic (exact) mass is 364 g/mol. The normalized spacial score (nSPS) is 13.9. The molecule has 1 heterocycles. The standard InChI is InChI=1S/C16H14BrClN2O/c17-12-6-11(7-13(18)8-12)16(21)20-5-1-2-10-3-4-14(19)9-15(10)20/h3-4,6-9H,1-2,5,19H2. The third-order valence-electron chi connectivity index (χ3n) is 3.58. The van der Waals surface area contributed by atoms with Crippen molar-refractivity contribution >= 4 is 44.8 Å². The second kappa shape index (κ2) is 5.70. The average Bonchev–Trinajstić information content (AvgIpc) is 2.44. The van der Waals surface area contributed by atoms with Crippen LogP contribution in [0.1, 0.15) is 22.3 Å². The van der Waals surface area contributed by atoms with Gasteiger partial charge >= 0.3 is 0 Å². The Kier molecular flexibility index (Phi) is 3.91. The quantitative estimate of drug-likeness (QED) is 0.767. The van der Waals surface area contributed by atoms with Crippen LogP contribution in [0.25, 0.3) is 0 Å². The predicted molar refractivity (Wildman–Crippen MR) is 90.0 cm³/mol. The molecule has 1 aliphatic rings. The molecule has 0 saturated carbocycles. The number of aryl methyl sites for hydroxylation is 1. The van der Waals surface area contributed by atoms with Crippen LogP contribution in [0.5, 0.6) is 0 Å². The molecule has 1 aliphatic heterocycles. The Morgan fingerprint density at radius 2 is 2.05 bits per heavy atom. The third-order valence-corrected chi connectivity index (χ3v) is 4.26. The van der Waals surface area contributed by atoms with E-state index < -0.39 is 0 Å². The first kappa shape index (κ1) is 14.4. The Labute approximate surface area is 136 Å². The topological polar surface area (TPSA) is 46.3 Å². The molecule has 1 amide bonds. The molecular formula is C16H14BrClN2O. The van der Waals surface area contributed by atoms with Gasteiger partial charge in [-0.25, -0.2) is 0 Å². The molecule has 0 unspecified atom stereocenters. The van der Waals surface area contributed by atoms with Gasteiger partial charge in [0.25, 0.3) is 5.91 Å². The lowest BCUT2D eigenvalue weighted by atomic mass is 10.00. The maximum atomic E-state index is 12.8. The van der Waals surface area contributed by atoms with E-state index in [9.17, 15) is 4.79 Å². The molecule has 0 aromatic heterocycles. The summed E-state index contributed by atoms with van der Waals surface area (Å²) in [6, 6.07) is 11.0. The fourth-order valence-electron chi connectivity index (χ4n) is 2.64. The van der Waals surface area contributed by atoms with E-state index in [1.165, 1.54) is 0 Å². The molecule has 0 fully saturated rings. The van der Waals surface area contributed by atoms with Gasteiger partial charge in [-0.2, -0.15) is 0 Å². The molecule has 5 heteroatoms. The molecule has 0 radical (unpaired) electrons. The lowest BCUT2D eigenvalue weighted by molar-refractivity contribution is 0.0985. The highest BCUT2D eigenvalue weighted by molar-refractivity contribution is 9.10. The van der Waals surface area contributed by atoms with Crippen LogP contribution in [0.2, 0.25) is 5.02 Å². The Hall–Kier alpha value is -1.52. The van der Waals surface area contributed by atoms with E-state index in [4.69, 9.17) is 17.3 Å². The Balaban J connectivity index is 2.01. The van der Waals surface area contributed by atoms with E-state index in [0.717, 1.165) is 28.6 Å². The molecule has 0 atom stereocenters. The number of hydrogen-bond acceptors (Lipinski definition) is 2. The van der Waals surface area contributed by atoms with Crippen molar-refractivity contribution in [2.75, 3.05) is 17.2 Å². The first-order valence-corrected chi connectivity index (χ1v) is 7.88. The number of carbonyl (C=O) groups excluding carboxylic acids is 1. The SMILES string of the molecule is Nc1ccc2c(c1)N(C(=O)c1cc(Cl)cc(Br)c1)CCC2. The van der Waals surface area contributed by atoms with E-state index in [-0.39, 0.29) is 5.91 Å². The van der Waals surface area contributed by atoms with Crippen molar-refractivity contribution < 1.29 is 4.79 Å². The van der Waals surface area contributed by atoms with Gasteiger partial charge in [0.2, 0.25) is 0 Å². The number of nitrogens with two attached hydrogens (primary N) is 1. The number of nitrogen functional groups attached to an aromatic ring is 1. The van der Waals surface area contributed by atoms with Gasteiger partial charge in [0.15, 0.2) is 0 Å². The highest BCUT2D eigenvalue weighted by Gasteiger charge is 2.24. The van der Waals surface area contributed by atoms with E-state index in [0.29, 0.717) is 22.8 Å². The summed E-state index contributed by atoms with van der Waals surface area (Å²) < 4.78 is 0.795. The maximum absolute atomic E-state index is 12.8. The predicted octanol–water partition coefficient (Wildman–Crippen LogP) is 4.28. The van der Waals surface area contributed by atoms with Crippen molar-refractivity contribution in [2.45, 2.75) is 12.8 Å². The van der Waals surface area contributed by atoms with Gasteiger partial charge in [-0.05, 0) is 48.7 Å². The average molecular weight is 366 g/mol. The molecule has 2 aromatic carbocycles. The molecule has 2 N–H and O–H groups in total. The van der Waals surface area contributed by atoms with Crippen molar-refractivity contribution in [3.8, 4) is 0 Å². The van der Waals surface area contributed by atoms with Crippen molar-refractivity contribution in [3.63, 3.8) is 0 Å². The number of hydrogen-bond donors (Lipinski definition) is 1. The van der Waals surface area contributed by atoms with Gasteiger partial charge in [0.05, 0.1) is 0 Å². The molecule has 0 bridgehead atoms. The van der Waals surface area contributed by atoms with Gasteiger partial charge in [-0.1, -0.05) is 33.6 Å². The van der Waals surface area contributed by atoms with E-state index in [2.05, 4.69) is 15.9 Å². The van der Waals surface area contributed by atoms with E-state index in [1.807, 2.05) is 18.2 Å². The number of amides is 1. The summed E-state index contributed by atoms with van der Waals surface area (Å²) in [4.78, 5) is 14.6. The largest absolute Gasteiger partial charge is 0.399 e. The molecule has 0 aliphatic carbocycles. The van der Waals surface area contributed by atoms with E-state index >= 15 is 0 Å². The minimum absolute atomic E-state index is 0.0512. The fraction of sp³-hybridized carbons (Fsp3) is 0.188. The number of rotatable bonds is 1. The van der Waals surface area contributed by atoms with Crippen LogP contribution >= 0.6 is 27.5 Å². The summed E-state index contributed by atoms with van der Waals surface area (Å²) in [5.74, 6) is -0.0512. The number of nitrogens with zero attached hydrogens (tertiary/aromatic N) is 1. The summed E-state index contributed by atoms with van der Waals surface area (Å²) in [6.45, 7) is 0.694. The van der Waals surface area contributed by atoms with Crippen LogP contribution in [0.4, 0.5) is 11.4 Å². The molecule has 21 heavy (non-hydrogen) atoms. The molecular weight excluding hydrogens is 352 g/mol. The fourth-order valence-corrected chi connectivity index (χ4v) is 3.50. The number of benzene rings is 2. The number of carbonyl (C=O) groups is 1. The zero-order chi connectivity index (χ0) is 15.0. The second-order valence-electron chi connectivity index (χ2n) is 5.11. The van der Waals surface area contributed by atoms with Crippen LogP contribution in [-0.4, -0.2) is 12.5 Å². The molecule has 3 nitrogen and oxygen atoms in total.